The Morgan fingerprint density at radius 2 is 2.07 bits per heavy atom. The van der Waals surface area contributed by atoms with Crippen LogP contribution >= 0.6 is 47.4 Å². The third kappa shape index (κ3) is 3.35. The van der Waals surface area contributed by atoms with Gasteiger partial charge in [0.25, 0.3) is 0 Å². The molecule has 1 aromatic rings. The molecule has 14 heavy (non-hydrogen) atoms. The maximum Gasteiger partial charge on any atom is 0.133 e. The molecule has 0 aliphatic heterocycles. The van der Waals surface area contributed by atoms with Crippen LogP contribution < -0.4 is 0 Å². The van der Waals surface area contributed by atoms with E-state index in [1.54, 1.807) is 18.0 Å². The van der Waals surface area contributed by atoms with Crippen molar-refractivity contribution >= 4 is 47.4 Å². The van der Waals surface area contributed by atoms with E-state index in [9.17, 15) is 0 Å². The highest BCUT2D eigenvalue weighted by molar-refractivity contribution is 8.02. The van der Waals surface area contributed by atoms with Crippen molar-refractivity contribution in [3.05, 3.63) is 33.4 Å². The first-order valence-corrected chi connectivity index (χ1v) is 5.39. The van der Waals surface area contributed by atoms with Crippen LogP contribution in [0.3, 0.4) is 0 Å². The summed E-state index contributed by atoms with van der Waals surface area (Å²) in [6, 6.07) is 0. The van der Waals surface area contributed by atoms with E-state index in [1.807, 2.05) is 19.3 Å². The Kier molecular flexibility index (Phi) is 6.62. The van der Waals surface area contributed by atoms with Crippen molar-refractivity contribution in [2.45, 2.75) is 18.7 Å². The molecule has 0 saturated heterocycles. The summed E-state index contributed by atoms with van der Waals surface area (Å²) in [4.78, 5) is 5.16. The molecule has 0 atom stereocenters. The summed E-state index contributed by atoms with van der Waals surface area (Å²) in [5.41, 5.74) is 3.60. The zero-order valence-corrected chi connectivity index (χ0v) is 10.9. The van der Waals surface area contributed by atoms with Gasteiger partial charge in [0, 0.05) is 22.2 Å². The Hall–Kier alpha value is 0.110. The van der Waals surface area contributed by atoms with Crippen LogP contribution in [-0.2, 0) is 0 Å². The fourth-order valence-electron chi connectivity index (χ4n) is 0.973. The Morgan fingerprint density at radius 1 is 1.43 bits per heavy atom. The molecule has 1 rings (SSSR count). The van der Waals surface area contributed by atoms with E-state index in [4.69, 9.17) is 23.2 Å². The quantitative estimate of drug-likeness (QED) is 0.576. The Bertz CT molecular complexity index is 339. The summed E-state index contributed by atoms with van der Waals surface area (Å²) in [7, 11) is 0. The van der Waals surface area contributed by atoms with E-state index in [0.717, 1.165) is 16.0 Å². The van der Waals surface area contributed by atoms with Gasteiger partial charge in [0.15, 0.2) is 0 Å². The zero-order chi connectivity index (χ0) is 9.84. The van der Waals surface area contributed by atoms with Gasteiger partial charge in [0.2, 0.25) is 0 Å². The average molecular weight is 271 g/mol. The maximum absolute atomic E-state index is 5.88. The van der Waals surface area contributed by atoms with Crippen molar-refractivity contribution < 1.29 is 0 Å². The van der Waals surface area contributed by atoms with Gasteiger partial charge in [-0.1, -0.05) is 35.0 Å². The van der Waals surface area contributed by atoms with Gasteiger partial charge in [0.05, 0.1) is 0 Å². The van der Waals surface area contributed by atoms with Gasteiger partial charge < -0.3 is 0 Å². The molecule has 0 saturated carbocycles. The number of aromatic nitrogens is 1. The number of aryl methyl sites for hydroxylation is 1. The van der Waals surface area contributed by atoms with E-state index in [2.05, 4.69) is 4.98 Å². The standard InChI is InChI=1S/C9H9Cl2NS.ClH/c1-6-5-12-9(11)7(2)8(6)13-4-3-10;/h3-5H,1-2H3;1H. The van der Waals surface area contributed by atoms with Crippen LogP contribution in [0, 0.1) is 13.8 Å². The maximum atomic E-state index is 5.88. The van der Waals surface area contributed by atoms with Crippen LogP contribution in [0.5, 0.6) is 0 Å². The number of pyridine rings is 1. The Labute approximate surface area is 104 Å². The molecule has 0 fully saturated rings. The lowest BCUT2D eigenvalue weighted by molar-refractivity contribution is 1.13. The number of hydrogen-bond donors (Lipinski definition) is 0. The third-order valence-electron chi connectivity index (χ3n) is 1.62. The predicted octanol–water partition coefficient (Wildman–Crippen LogP) is 4.58. The van der Waals surface area contributed by atoms with Crippen LogP contribution in [0.4, 0.5) is 0 Å². The molecule has 0 N–H and O–H groups in total. The largest absolute Gasteiger partial charge is 0.244 e. The van der Waals surface area contributed by atoms with Crippen LogP contribution in [0.2, 0.25) is 5.15 Å². The first-order chi connectivity index (χ1) is 6.16. The summed E-state index contributed by atoms with van der Waals surface area (Å²) >= 11 is 12.9. The molecule has 0 bridgehead atoms. The summed E-state index contributed by atoms with van der Waals surface area (Å²) in [5.74, 6) is 0. The van der Waals surface area contributed by atoms with Crippen molar-refractivity contribution in [3.63, 3.8) is 0 Å². The lowest BCUT2D eigenvalue weighted by atomic mass is 10.2. The minimum Gasteiger partial charge on any atom is -0.244 e. The fourth-order valence-corrected chi connectivity index (χ4v) is 2.03. The van der Waals surface area contributed by atoms with E-state index >= 15 is 0 Å². The normalized spacial score (nSPS) is 10.3. The summed E-state index contributed by atoms with van der Waals surface area (Å²) < 4.78 is 0. The molecule has 0 amide bonds. The van der Waals surface area contributed by atoms with Crippen LogP contribution in [0.25, 0.3) is 0 Å². The van der Waals surface area contributed by atoms with E-state index in [-0.39, 0.29) is 12.4 Å². The van der Waals surface area contributed by atoms with Crippen molar-refractivity contribution in [1.29, 1.82) is 0 Å². The molecule has 0 radical (unpaired) electrons. The second kappa shape index (κ2) is 6.57. The zero-order valence-electron chi connectivity index (χ0n) is 7.75. The monoisotopic (exact) mass is 269 g/mol. The van der Waals surface area contributed by atoms with Gasteiger partial charge in [-0.3, -0.25) is 0 Å². The van der Waals surface area contributed by atoms with Crippen molar-refractivity contribution in [3.8, 4) is 0 Å². The highest BCUT2D eigenvalue weighted by atomic mass is 35.5. The van der Waals surface area contributed by atoms with Gasteiger partial charge in [-0.05, 0) is 24.8 Å². The molecule has 1 nitrogen and oxygen atoms in total. The second-order valence-electron chi connectivity index (χ2n) is 2.57. The van der Waals surface area contributed by atoms with Gasteiger partial charge >= 0.3 is 0 Å². The first-order valence-electron chi connectivity index (χ1n) is 3.70. The molecule has 0 spiro atoms. The Balaban J connectivity index is 0.00000169. The number of nitrogens with zero attached hydrogens (tertiary/aromatic N) is 1. The number of thioether (sulfide) groups is 1. The third-order valence-corrected chi connectivity index (χ3v) is 3.41. The molecule has 1 heterocycles. The average Bonchev–Trinajstić information content (AvgIpc) is 2.12. The molecule has 0 aromatic carbocycles. The molecule has 78 valence electrons. The van der Waals surface area contributed by atoms with E-state index < -0.39 is 0 Å². The van der Waals surface area contributed by atoms with E-state index in [0.29, 0.717) is 5.15 Å². The van der Waals surface area contributed by atoms with Crippen LogP contribution in [0.15, 0.2) is 22.0 Å². The fraction of sp³-hybridized carbons (Fsp3) is 0.222. The lowest BCUT2D eigenvalue weighted by Crippen LogP contribution is -1.88. The molecule has 1 aromatic heterocycles. The topological polar surface area (TPSA) is 12.9 Å². The van der Waals surface area contributed by atoms with Gasteiger partial charge in [-0.2, -0.15) is 0 Å². The van der Waals surface area contributed by atoms with Gasteiger partial charge in [0.1, 0.15) is 5.15 Å². The highest BCUT2D eigenvalue weighted by Gasteiger charge is 2.05. The SMILES string of the molecule is Cc1cnc(Cl)c(C)c1SC=CCl.Cl. The minimum atomic E-state index is 0. The molecular weight excluding hydrogens is 261 g/mol. The molecular formula is C9H10Cl3NS. The molecule has 0 unspecified atom stereocenters. The van der Waals surface area contributed by atoms with Gasteiger partial charge in [-0.25, -0.2) is 4.98 Å². The number of hydrogen-bond acceptors (Lipinski definition) is 2. The van der Waals surface area contributed by atoms with E-state index in [1.165, 1.54) is 5.54 Å². The molecule has 0 aliphatic rings. The number of halogens is 3. The Morgan fingerprint density at radius 3 is 2.64 bits per heavy atom. The van der Waals surface area contributed by atoms with Crippen LogP contribution in [-0.4, -0.2) is 4.98 Å². The minimum absolute atomic E-state index is 0. The second-order valence-corrected chi connectivity index (χ2v) is 4.09. The number of rotatable bonds is 2. The lowest BCUT2D eigenvalue weighted by Gasteiger charge is -2.06. The van der Waals surface area contributed by atoms with Gasteiger partial charge in [-0.15, -0.1) is 12.4 Å². The molecule has 5 heteroatoms. The van der Waals surface area contributed by atoms with Crippen molar-refractivity contribution in [2.75, 3.05) is 0 Å². The smallest absolute Gasteiger partial charge is 0.133 e. The highest BCUT2D eigenvalue weighted by Crippen LogP contribution is 2.30. The summed E-state index contributed by atoms with van der Waals surface area (Å²) in [5, 5.41) is 2.36. The van der Waals surface area contributed by atoms with Crippen LogP contribution in [0.1, 0.15) is 11.1 Å². The van der Waals surface area contributed by atoms with Crippen molar-refractivity contribution in [1.82, 2.24) is 4.98 Å². The predicted molar refractivity (Wildman–Crippen MR) is 66.8 cm³/mol. The van der Waals surface area contributed by atoms with Crippen molar-refractivity contribution in [2.24, 2.45) is 0 Å². The molecule has 0 aliphatic carbocycles. The first kappa shape index (κ1) is 14.1. The summed E-state index contributed by atoms with van der Waals surface area (Å²) in [6.45, 7) is 3.95. The summed E-state index contributed by atoms with van der Waals surface area (Å²) in [6.07, 6.45) is 1.76.